The number of fused-ring (bicyclic) bond motifs is 3. The Morgan fingerprint density at radius 3 is 2.76 bits per heavy atom. The Balaban J connectivity index is 1.78. The molecule has 126 valence electrons. The predicted octanol–water partition coefficient (Wildman–Crippen LogP) is 2.99. The average molecular weight is 337 g/mol. The zero-order chi connectivity index (χ0) is 17.4. The van der Waals surface area contributed by atoms with Gasteiger partial charge in [0, 0.05) is 30.1 Å². The predicted molar refractivity (Wildman–Crippen MR) is 90.0 cm³/mol. The summed E-state index contributed by atoms with van der Waals surface area (Å²) in [5, 5.41) is 10.9. The number of aromatic nitrogens is 1. The van der Waals surface area contributed by atoms with Gasteiger partial charge in [-0.05, 0) is 43.4 Å². The van der Waals surface area contributed by atoms with Crippen molar-refractivity contribution in [1.29, 1.82) is 0 Å². The highest BCUT2D eigenvalue weighted by molar-refractivity contribution is 5.93. The number of carbonyl (C=O) groups excluding carboxylic acids is 1. The van der Waals surface area contributed by atoms with E-state index in [4.69, 9.17) is 9.15 Å². The molecule has 0 aliphatic heterocycles. The molecule has 0 saturated heterocycles. The zero-order valence-corrected chi connectivity index (χ0v) is 13.3. The first kappa shape index (κ1) is 15.4. The molecule has 0 fully saturated rings. The summed E-state index contributed by atoms with van der Waals surface area (Å²) in [7, 11) is 0. The van der Waals surface area contributed by atoms with E-state index in [1.807, 2.05) is 0 Å². The smallest absolute Gasteiger partial charge is 0.345 e. The molecular formula is C19H15NO5. The van der Waals surface area contributed by atoms with E-state index in [1.54, 1.807) is 18.3 Å². The van der Waals surface area contributed by atoms with Gasteiger partial charge in [-0.2, -0.15) is 0 Å². The number of ether oxygens (including phenoxy) is 1. The number of pyridine rings is 1. The van der Waals surface area contributed by atoms with Crippen LogP contribution in [-0.4, -0.2) is 16.1 Å². The largest absolute Gasteiger partial charge is 0.507 e. The lowest BCUT2D eigenvalue weighted by Crippen LogP contribution is -2.16. The Morgan fingerprint density at radius 2 is 2.00 bits per heavy atom. The number of hydrogen-bond acceptors (Lipinski definition) is 6. The lowest BCUT2D eigenvalue weighted by molar-refractivity contribution is 0.0734. The molecule has 4 rings (SSSR count). The number of nitrogens with zero attached hydrogens (tertiary/aromatic N) is 1. The topological polar surface area (TPSA) is 89.6 Å². The highest BCUT2D eigenvalue weighted by Gasteiger charge is 2.21. The fourth-order valence-corrected chi connectivity index (χ4v) is 3.24. The van der Waals surface area contributed by atoms with Gasteiger partial charge in [0.2, 0.25) is 0 Å². The number of phenols is 1. The number of aryl methyl sites for hydroxylation is 1. The lowest BCUT2D eigenvalue weighted by Gasteiger charge is -2.17. The van der Waals surface area contributed by atoms with E-state index < -0.39 is 11.6 Å². The van der Waals surface area contributed by atoms with E-state index in [1.165, 1.54) is 18.3 Å². The molecule has 1 aromatic carbocycles. The summed E-state index contributed by atoms with van der Waals surface area (Å²) < 4.78 is 10.6. The summed E-state index contributed by atoms with van der Waals surface area (Å²) in [6.45, 7) is 0. The Labute approximate surface area is 142 Å². The van der Waals surface area contributed by atoms with Gasteiger partial charge in [0.15, 0.2) is 0 Å². The van der Waals surface area contributed by atoms with Crippen LogP contribution in [0.1, 0.15) is 34.3 Å². The van der Waals surface area contributed by atoms with Crippen LogP contribution in [0.5, 0.6) is 11.5 Å². The van der Waals surface area contributed by atoms with Crippen LogP contribution in [0.15, 0.2) is 45.9 Å². The van der Waals surface area contributed by atoms with Gasteiger partial charge >= 0.3 is 11.6 Å². The number of aromatic hydroxyl groups is 1. The maximum absolute atomic E-state index is 12.2. The fraction of sp³-hybridized carbons (Fsp3) is 0.211. The first-order valence-corrected chi connectivity index (χ1v) is 8.07. The minimum atomic E-state index is -0.604. The molecule has 2 aromatic heterocycles. The second kappa shape index (κ2) is 6.05. The van der Waals surface area contributed by atoms with Crippen LogP contribution in [-0.2, 0) is 12.8 Å². The van der Waals surface area contributed by atoms with Crippen molar-refractivity contribution in [3.05, 3.63) is 63.8 Å². The number of rotatable bonds is 2. The van der Waals surface area contributed by atoms with Gasteiger partial charge in [0.25, 0.3) is 0 Å². The quantitative estimate of drug-likeness (QED) is 0.439. The minimum absolute atomic E-state index is 0.0617. The summed E-state index contributed by atoms with van der Waals surface area (Å²) in [4.78, 5) is 28.2. The number of esters is 1. The van der Waals surface area contributed by atoms with Crippen LogP contribution in [0.3, 0.4) is 0 Å². The molecule has 0 saturated carbocycles. The molecule has 25 heavy (non-hydrogen) atoms. The molecule has 0 unspecified atom stereocenters. The van der Waals surface area contributed by atoms with Crippen LogP contribution >= 0.6 is 0 Å². The Morgan fingerprint density at radius 1 is 1.20 bits per heavy atom. The molecule has 2 heterocycles. The maximum atomic E-state index is 12.2. The maximum Gasteiger partial charge on any atom is 0.345 e. The fourth-order valence-electron chi connectivity index (χ4n) is 3.24. The molecule has 1 N–H and O–H groups in total. The van der Waals surface area contributed by atoms with Gasteiger partial charge in [-0.3, -0.25) is 4.98 Å². The van der Waals surface area contributed by atoms with Crippen molar-refractivity contribution in [3.63, 3.8) is 0 Å². The minimum Gasteiger partial charge on any atom is -0.507 e. The normalized spacial score (nSPS) is 13.4. The first-order chi connectivity index (χ1) is 12.1. The number of phenolic OH excluding ortho intramolecular Hbond substituents is 1. The van der Waals surface area contributed by atoms with Crippen molar-refractivity contribution in [2.24, 2.45) is 0 Å². The van der Waals surface area contributed by atoms with Crippen LogP contribution in [0, 0.1) is 0 Å². The van der Waals surface area contributed by atoms with E-state index in [2.05, 4.69) is 4.98 Å². The first-order valence-electron chi connectivity index (χ1n) is 8.07. The van der Waals surface area contributed by atoms with Crippen molar-refractivity contribution >= 4 is 16.9 Å². The SMILES string of the molecule is O=C(Oc1cc(O)c2c3c(c(=O)oc2c1)CCCC3)c1cccnc1. The Kier molecular flexibility index (Phi) is 3.72. The van der Waals surface area contributed by atoms with Gasteiger partial charge < -0.3 is 14.3 Å². The Bertz CT molecular complexity index is 1020. The van der Waals surface area contributed by atoms with Gasteiger partial charge in [-0.15, -0.1) is 0 Å². The standard InChI is InChI=1S/C19H15NO5/c21-15-8-12(24-18(22)11-4-3-7-20-10-11)9-16-17(15)13-5-1-2-6-14(13)19(23)25-16/h3-4,7-10,21H,1-2,5-6H2. The summed E-state index contributed by atoms with van der Waals surface area (Å²) in [6.07, 6.45) is 6.22. The number of hydrogen-bond donors (Lipinski definition) is 1. The van der Waals surface area contributed by atoms with Crippen molar-refractivity contribution in [2.75, 3.05) is 0 Å². The van der Waals surface area contributed by atoms with E-state index >= 15 is 0 Å². The average Bonchev–Trinajstić information content (AvgIpc) is 2.62. The molecule has 1 aliphatic rings. The third kappa shape index (κ3) is 2.76. The molecule has 0 radical (unpaired) electrons. The number of benzene rings is 1. The summed E-state index contributed by atoms with van der Waals surface area (Å²) in [6, 6.07) is 6.03. The molecule has 0 spiro atoms. The van der Waals surface area contributed by atoms with Crippen molar-refractivity contribution in [1.82, 2.24) is 4.98 Å². The number of carbonyl (C=O) groups is 1. The molecule has 3 aromatic rings. The van der Waals surface area contributed by atoms with Crippen molar-refractivity contribution < 1.29 is 19.1 Å². The second-order valence-corrected chi connectivity index (χ2v) is 6.00. The Hall–Kier alpha value is -3.15. The molecule has 1 aliphatic carbocycles. The van der Waals surface area contributed by atoms with Crippen molar-refractivity contribution in [3.8, 4) is 11.5 Å². The summed E-state index contributed by atoms with van der Waals surface area (Å²) in [5.74, 6) is -0.557. The van der Waals surface area contributed by atoms with Crippen LogP contribution in [0.4, 0.5) is 0 Å². The highest BCUT2D eigenvalue weighted by atomic mass is 16.5. The van der Waals surface area contributed by atoms with E-state index in [0.717, 1.165) is 24.8 Å². The third-order valence-corrected chi connectivity index (χ3v) is 4.38. The van der Waals surface area contributed by atoms with Gasteiger partial charge in [0.1, 0.15) is 17.1 Å². The van der Waals surface area contributed by atoms with Crippen LogP contribution in [0.2, 0.25) is 0 Å². The highest BCUT2D eigenvalue weighted by Crippen LogP contribution is 2.36. The monoisotopic (exact) mass is 337 g/mol. The van der Waals surface area contributed by atoms with Gasteiger partial charge in [0.05, 0.1) is 10.9 Å². The lowest BCUT2D eigenvalue weighted by atomic mass is 9.90. The third-order valence-electron chi connectivity index (χ3n) is 4.38. The summed E-state index contributed by atoms with van der Waals surface area (Å²) in [5.41, 5.74) is 1.58. The van der Waals surface area contributed by atoms with Crippen LogP contribution < -0.4 is 10.4 Å². The van der Waals surface area contributed by atoms with E-state index in [0.29, 0.717) is 17.4 Å². The van der Waals surface area contributed by atoms with Crippen molar-refractivity contribution in [2.45, 2.75) is 25.7 Å². The zero-order valence-electron chi connectivity index (χ0n) is 13.3. The molecule has 6 nitrogen and oxygen atoms in total. The second-order valence-electron chi connectivity index (χ2n) is 6.00. The molecular weight excluding hydrogens is 322 g/mol. The van der Waals surface area contributed by atoms with Gasteiger partial charge in [-0.25, -0.2) is 9.59 Å². The van der Waals surface area contributed by atoms with Crippen LogP contribution in [0.25, 0.3) is 11.0 Å². The van der Waals surface area contributed by atoms with Gasteiger partial charge in [-0.1, -0.05) is 0 Å². The molecule has 0 amide bonds. The molecule has 6 heteroatoms. The molecule has 0 atom stereocenters. The van der Waals surface area contributed by atoms with E-state index in [9.17, 15) is 14.7 Å². The summed E-state index contributed by atoms with van der Waals surface area (Å²) >= 11 is 0. The molecule has 0 bridgehead atoms. The van der Waals surface area contributed by atoms with E-state index in [-0.39, 0.29) is 22.6 Å².